The molecule has 0 fully saturated rings. The van der Waals surface area contributed by atoms with Crippen molar-refractivity contribution in [3.8, 4) is 0 Å². The van der Waals surface area contributed by atoms with Crippen LogP contribution in [0.1, 0.15) is 361 Å². The maximum atomic E-state index is 12.9. The molecule has 0 radical (unpaired) electrons. The van der Waals surface area contributed by atoms with Crippen molar-refractivity contribution in [1.29, 1.82) is 0 Å². The van der Waals surface area contributed by atoms with Crippen molar-refractivity contribution in [3.63, 3.8) is 0 Å². The lowest BCUT2D eigenvalue weighted by atomic mass is 10.0. The summed E-state index contributed by atoms with van der Waals surface area (Å²) in [7, 11) is 0. The van der Waals surface area contributed by atoms with Gasteiger partial charge in [0.25, 0.3) is 0 Å². The Labute approximate surface area is 473 Å². The predicted octanol–water partition coefficient (Wildman–Crippen LogP) is 22.9. The Morgan fingerprint density at radius 1 is 0.263 bits per heavy atom. The van der Waals surface area contributed by atoms with Gasteiger partial charge in [-0.3, -0.25) is 14.4 Å². The number of unbranched alkanes of at least 4 members (excludes halogenated alkanes) is 43. The van der Waals surface area contributed by atoms with Gasteiger partial charge < -0.3 is 14.2 Å². The molecule has 444 valence electrons. The van der Waals surface area contributed by atoms with Crippen molar-refractivity contribution < 1.29 is 28.6 Å². The molecule has 0 aliphatic rings. The Morgan fingerprint density at radius 3 is 0.750 bits per heavy atom. The van der Waals surface area contributed by atoms with Crippen LogP contribution in [0.5, 0.6) is 0 Å². The molecule has 0 bridgehead atoms. The van der Waals surface area contributed by atoms with Crippen molar-refractivity contribution in [1.82, 2.24) is 0 Å². The maximum Gasteiger partial charge on any atom is 0.306 e. The first kappa shape index (κ1) is 73.4. The van der Waals surface area contributed by atoms with E-state index in [9.17, 15) is 14.4 Å². The second-order valence-corrected chi connectivity index (χ2v) is 22.7. The lowest BCUT2D eigenvalue weighted by Crippen LogP contribution is -2.30. The molecular formula is C70H128O6. The molecule has 0 aromatic heterocycles. The van der Waals surface area contributed by atoms with Crippen molar-refractivity contribution in [3.05, 3.63) is 48.6 Å². The summed E-state index contributed by atoms with van der Waals surface area (Å²) in [6.07, 6.45) is 81.3. The quantitative estimate of drug-likeness (QED) is 0.0261. The van der Waals surface area contributed by atoms with E-state index in [-0.39, 0.29) is 31.1 Å². The monoisotopic (exact) mass is 1060 g/mol. The third kappa shape index (κ3) is 62.2. The second kappa shape index (κ2) is 64.9. The highest BCUT2D eigenvalue weighted by atomic mass is 16.6. The Balaban J connectivity index is 4.19. The van der Waals surface area contributed by atoms with Gasteiger partial charge >= 0.3 is 17.9 Å². The minimum Gasteiger partial charge on any atom is -0.462 e. The molecule has 0 N–H and O–H groups in total. The van der Waals surface area contributed by atoms with E-state index in [1.54, 1.807) is 0 Å². The maximum absolute atomic E-state index is 12.9. The largest absolute Gasteiger partial charge is 0.462 e. The Kier molecular flexibility index (Phi) is 62.6. The first-order valence-corrected chi connectivity index (χ1v) is 33.6. The lowest BCUT2D eigenvalue weighted by molar-refractivity contribution is -0.167. The smallest absolute Gasteiger partial charge is 0.306 e. The van der Waals surface area contributed by atoms with E-state index in [1.807, 2.05) is 0 Å². The van der Waals surface area contributed by atoms with Gasteiger partial charge in [0.1, 0.15) is 13.2 Å². The second-order valence-electron chi connectivity index (χ2n) is 22.7. The summed E-state index contributed by atoms with van der Waals surface area (Å²) in [5.41, 5.74) is 0. The molecule has 0 aliphatic heterocycles. The highest BCUT2D eigenvalue weighted by Gasteiger charge is 2.19. The van der Waals surface area contributed by atoms with Gasteiger partial charge in [-0.1, -0.05) is 307 Å². The minimum atomic E-state index is -0.778. The van der Waals surface area contributed by atoms with E-state index in [2.05, 4.69) is 69.4 Å². The van der Waals surface area contributed by atoms with Crippen LogP contribution in [0.3, 0.4) is 0 Å². The van der Waals surface area contributed by atoms with Gasteiger partial charge in [0.15, 0.2) is 6.10 Å². The summed E-state index contributed by atoms with van der Waals surface area (Å²) in [5, 5.41) is 0. The fourth-order valence-corrected chi connectivity index (χ4v) is 9.98. The van der Waals surface area contributed by atoms with Crippen LogP contribution in [0, 0.1) is 0 Å². The molecular weight excluding hydrogens is 937 g/mol. The molecule has 0 saturated heterocycles. The number of hydrogen-bond donors (Lipinski definition) is 0. The minimum absolute atomic E-state index is 0.0740. The van der Waals surface area contributed by atoms with Gasteiger partial charge in [-0.05, 0) is 83.5 Å². The highest BCUT2D eigenvalue weighted by molar-refractivity contribution is 5.71. The van der Waals surface area contributed by atoms with Crippen molar-refractivity contribution in [2.24, 2.45) is 0 Å². The molecule has 1 unspecified atom stereocenters. The molecule has 6 heteroatoms. The van der Waals surface area contributed by atoms with Crippen LogP contribution >= 0.6 is 0 Å². The van der Waals surface area contributed by atoms with E-state index >= 15 is 0 Å². The summed E-state index contributed by atoms with van der Waals surface area (Å²) < 4.78 is 16.9. The van der Waals surface area contributed by atoms with Crippen molar-refractivity contribution in [2.75, 3.05) is 13.2 Å². The number of allylic oxidation sites excluding steroid dienone is 8. The predicted molar refractivity (Wildman–Crippen MR) is 330 cm³/mol. The van der Waals surface area contributed by atoms with Crippen LogP contribution in [-0.4, -0.2) is 37.2 Å². The van der Waals surface area contributed by atoms with Crippen LogP contribution < -0.4 is 0 Å². The van der Waals surface area contributed by atoms with Gasteiger partial charge in [0.2, 0.25) is 0 Å². The van der Waals surface area contributed by atoms with E-state index < -0.39 is 6.10 Å². The molecule has 0 rings (SSSR count). The van der Waals surface area contributed by atoms with E-state index in [0.717, 1.165) is 89.9 Å². The van der Waals surface area contributed by atoms with E-state index in [0.29, 0.717) is 19.3 Å². The Bertz CT molecular complexity index is 1310. The summed E-state index contributed by atoms with van der Waals surface area (Å²) >= 11 is 0. The van der Waals surface area contributed by atoms with Crippen molar-refractivity contribution >= 4 is 17.9 Å². The molecule has 0 spiro atoms. The van der Waals surface area contributed by atoms with Crippen LogP contribution in [0.4, 0.5) is 0 Å². The first-order valence-electron chi connectivity index (χ1n) is 33.6. The van der Waals surface area contributed by atoms with Crippen LogP contribution in [0.25, 0.3) is 0 Å². The Hall–Kier alpha value is -2.63. The van der Waals surface area contributed by atoms with E-state index in [4.69, 9.17) is 14.2 Å². The molecule has 0 aromatic carbocycles. The zero-order valence-corrected chi connectivity index (χ0v) is 51.0. The van der Waals surface area contributed by atoms with Crippen molar-refractivity contribution in [2.45, 2.75) is 367 Å². The van der Waals surface area contributed by atoms with Gasteiger partial charge in [-0.25, -0.2) is 0 Å². The van der Waals surface area contributed by atoms with Gasteiger partial charge in [-0.2, -0.15) is 0 Å². The summed E-state index contributed by atoms with van der Waals surface area (Å²) in [6, 6.07) is 0. The SMILES string of the molecule is CCCCC/C=C\C/C=C\CCCCCCCC(=O)OC(COC(=O)CCCCCCCCCCCCCCCC)COC(=O)CCCCCCCCCCCCCCCCCCC/C=C\C/C=C\CCCCCCC. The standard InChI is InChI=1S/C70H128O6/c1-4-7-10-13-16-19-22-25-28-29-30-31-32-33-34-35-36-37-38-39-40-41-43-45-48-51-54-57-60-63-69(72)75-66-67(65-74-68(71)62-59-56-53-50-47-44-27-24-21-18-15-12-9-6-3)76-70(73)64-61-58-55-52-49-46-42-26-23-20-17-14-11-8-5-2/h17,20,22,25-26,29-30,42,67H,4-16,18-19,21,23-24,27-28,31-41,43-66H2,1-3H3/b20-17-,25-22-,30-29-,42-26-. The fraction of sp³-hybridized carbons (Fsp3) is 0.843. The highest BCUT2D eigenvalue weighted by Crippen LogP contribution is 2.18. The first-order chi connectivity index (χ1) is 37.5. The zero-order chi connectivity index (χ0) is 55.0. The van der Waals surface area contributed by atoms with Crippen LogP contribution in [0.15, 0.2) is 48.6 Å². The molecule has 0 aliphatic carbocycles. The van der Waals surface area contributed by atoms with Crippen LogP contribution in [0.2, 0.25) is 0 Å². The van der Waals surface area contributed by atoms with Gasteiger partial charge in [0.05, 0.1) is 0 Å². The summed E-state index contributed by atoms with van der Waals surface area (Å²) in [6.45, 7) is 6.65. The molecule has 0 aromatic rings. The third-order valence-corrected chi connectivity index (χ3v) is 15.1. The third-order valence-electron chi connectivity index (χ3n) is 15.1. The number of rotatable bonds is 62. The summed E-state index contributed by atoms with van der Waals surface area (Å²) in [4.78, 5) is 38.3. The molecule has 1 atom stereocenters. The topological polar surface area (TPSA) is 78.9 Å². The zero-order valence-electron chi connectivity index (χ0n) is 51.0. The molecule has 0 heterocycles. The molecule has 0 amide bonds. The number of ether oxygens (including phenoxy) is 3. The number of hydrogen-bond acceptors (Lipinski definition) is 6. The van der Waals surface area contributed by atoms with Gasteiger partial charge in [0, 0.05) is 19.3 Å². The lowest BCUT2D eigenvalue weighted by Gasteiger charge is -2.18. The molecule has 6 nitrogen and oxygen atoms in total. The van der Waals surface area contributed by atoms with E-state index in [1.165, 1.54) is 231 Å². The average molecular weight is 1070 g/mol. The normalized spacial score (nSPS) is 12.3. The average Bonchev–Trinajstić information content (AvgIpc) is 3.42. The molecule has 0 saturated carbocycles. The molecule has 76 heavy (non-hydrogen) atoms. The summed E-state index contributed by atoms with van der Waals surface area (Å²) in [5.74, 6) is -0.865. The number of carbonyl (C=O) groups is 3. The fourth-order valence-electron chi connectivity index (χ4n) is 9.98. The van der Waals surface area contributed by atoms with Crippen LogP contribution in [-0.2, 0) is 28.6 Å². The Morgan fingerprint density at radius 2 is 0.474 bits per heavy atom. The number of carbonyl (C=O) groups excluding carboxylic acids is 3. The van der Waals surface area contributed by atoms with Gasteiger partial charge in [-0.15, -0.1) is 0 Å². The number of esters is 3.